The van der Waals surface area contributed by atoms with Gasteiger partial charge in [-0.05, 0) is 55.9 Å². The van der Waals surface area contributed by atoms with E-state index in [0.717, 1.165) is 19.4 Å². The summed E-state index contributed by atoms with van der Waals surface area (Å²) in [5.41, 5.74) is 1.11. The molecule has 5 nitrogen and oxygen atoms in total. The maximum Gasteiger partial charge on any atom is 0.253 e. The average Bonchev–Trinajstić information content (AvgIpc) is 3.43. The number of hydrogen-bond acceptors (Lipinski definition) is 3. The first-order chi connectivity index (χ1) is 11.2. The van der Waals surface area contributed by atoms with Gasteiger partial charge in [0.1, 0.15) is 0 Å². The van der Waals surface area contributed by atoms with Crippen LogP contribution in [0.1, 0.15) is 41.6 Å². The summed E-state index contributed by atoms with van der Waals surface area (Å²) in [7, 11) is 0. The fraction of sp³-hybridized carbons (Fsp3) is 0.500. The lowest BCUT2D eigenvalue weighted by Crippen LogP contribution is -2.45. The zero-order chi connectivity index (χ0) is 16.2. The number of nitrogens with one attached hydrogen (secondary N) is 1. The molecule has 3 rings (SSSR count). The van der Waals surface area contributed by atoms with Crippen LogP contribution in [-0.4, -0.2) is 36.3 Å². The molecule has 2 aliphatic rings. The van der Waals surface area contributed by atoms with Gasteiger partial charge >= 0.3 is 0 Å². The second-order valence-corrected chi connectivity index (χ2v) is 6.47. The fourth-order valence-electron chi connectivity index (χ4n) is 2.96. The molecule has 1 aromatic carbocycles. The first-order valence-corrected chi connectivity index (χ1v) is 8.24. The van der Waals surface area contributed by atoms with Crippen molar-refractivity contribution >= 4 is 11.8 Å². The van der Waals surface area contributed by atoms with E-state index in [1.54, 1.807) is 29.2 Å². The van der Waals surface area contributed by atoms with Gasteiger partial charge < -0.3 is 10.2 Å². The highest BCUT2D eigenvalue weighted by atomic mass is 16.2. The number of likely N-dealkylation sites (tertiary alicyclic amines) is 1. The smallest absolute Gasteiger partial charge is 0.253 e. The lowest BCUT2D eigenvalue weighted by molar-refractivity contribution is -0.126. The fourth-order valence-corrected chi connectivity index (χ4v) is 2.96. The minimum atomic E-state index is -0.107. The molecular formula is C18H21N3O2. The number of nitriles is 1. The van der Waals surface area contributed by atoms with E-state index in [0.29, 0.717) is 30.1 Å². The molecule has 0 radical (unpaired) electrons. The third-order valence-electron chi connectivity index (χ3n) is 4.60. The summed E-state index contributed by atoms with van der Waals surface area (Å²) in [6, 6.07) is 8.70. The van der Waals surface area contributed by atoms with Gasteiger partial charge in [0.25, 0.3) is 5.91 Å². The topological polar surface area (TPSA) is 73.2 Å². The Labute approximate surface area is 136 Å². The van der Waals surface area contributed by atoms with E-state index in [1.165, 1.54) is 12.8 Å². The molecule has 0 aromatic heterocycles. The Morgan fingerprint density at radius 1 is 1.22 bits per heavy atom. The molecule has 1 unspecified atom stereocenters. The van der Waals surface area contributed by atoms with Crippen molar-refractivity contribution in [1.82, 2.24) is 10.2 Å². The number of nitrogens with zero attached hydrogens (tertiary/aromatic N) is 2. The van der Waals surface area contributed by atoms with E-state index in [-0.39, 0.29) is 17.7 Å². The lowest BCUT2D eigenvalue weighted by Gasteiger charge is -2.32. The van der Waals surface area contributed by atoms with E-state index >= 15 is 0 Å². The van der Waals surface area contributed by atoms with Crippen LogP contribution in [0.4, 0.5) is 0 Å². The van der Waals surface area contributed by atoms with Crippen LogP contribution in [0.5, 0.6) is 0 Å². The SMILES string of the molecule is N#Cc1ccc(C(=O)N2CCCC(C(=O)NCC3CC3)C2)cc1. The van der Waals surface area contributed by atoms with Crippen LogP contribution in [0.3, 0.4) is 0 Å². The molecular weight excluding hydrogens is 290 g/mol. The maximum atomic E-state index is 12.6. The van der Waals surface area contributed by atoms with Gasteiger partial charge in [-0.3, -0.25) is 9.59 Å². The van der Waals surface area contributed by atoms with Crippen LogP contribution in [0.2, 0.25) is 0 Å². The minimum absolute atomic E-state index is 0.0609. The highest BCUT2D eigenvalue weighted by Crippen LogP contribution is 2.28. The van der Waals surface area contributed by atoms with E-state index in [4.69, 9.17) is 5.26 Å². The molecule has 1 aliphatic heterocycles. The van der Waals surface area contributed by atoms with Crippen molar-refractivity contribution in [3.63, 3.8) is 0 Å². The maximum absolute atomic E-state index is 12.6. The number of amides is 2. The number of piperidine rings is 1. The highest BCUT2D eigenvalue weighted by Gasteiger charge is 2.30. The molecule has 5 heteroatoms. The van der Waals surface area contributed by atoms with E-state index in [9.17, 15) is 9.59 Å². The number of benzene rings is 1. The summed E-state index contributed by atoms with van der Waals surface area (Å²) in [5, 5.41) is 11.8. The van der Waals surface area contributed by atoms with E-state index < -0.39 is 0 Å². The van der Waals surface area contributed by atoms with Crippen molar-refractivity contribution in [3.8, 4) is 6.07 Å². The molecule has 2 amide bonds. The monoisotopic (exact) mass is 311 g/mol. The number of rotatable bonds is 4. The molecule has 1 saturated carbocycles. The van der Waals surface area contributed by atoms with Gasteiger partial charge in [-0.25, -0.2) is 0 Å². The summed E-state index contributed by atoms with van der Waals surface area (Å²) in [5.74, 6) is 0.576. The van der Waals surface area contributed by atoms with Gasteiger partial charge in [0.15, 0.2) is 0 Å². The Kier molecular flexibility index (Phi) is 4.61. The van der Waals surface area contributed by atoms with Gasteiger partial charge in [-0.1, -0.05) is 0 Å². The van der Waals surface area contributed by atoms with Gasteiger partial charge in [-0.2, -0.15) is 5.26 Å². The van der Waals surface area contributed by atoms with Gasteiger partial charge in [-0.15, -0.1) is 0 Å². The Morgan fingerprint density at radius 2 is 1.96 bits per heavy atom. The summed E-state index contributed by atoms with van der Waals surface area (Å²) < 4.78 is 0. The van der Waals surface area contributed by atoms with Crippen molar-refractivity contribution in [2.45, 2.75) is 25.7 Å². The summed E-state index contributed by atoms with van der Waals surface area (Å²) in [4.78, 5) is 26.5. The molecule has 120 valence electrons. The first kappa shape index (κ1) is 15.5. The van der Waals surface area contributed by atoms with E-state index in [2.05, 4.69) is 5.32 Å². The number of carbonyl (C=O) groups excluding carboxylic acids is 2. The molecule has 1 atom stereocenters. The Bertz CT molecular complexity index is 629. The second-order valence-electron chi connectivity index (χ2n) is 6.47. The summed E-state index contributed by atoms with van der Waals surface area (Å²) >= 11 is 0. The van der Waals surface area contributed by atoms with Crippen molar-refractivity contribution < 1.29 is 9.59 Å². The van der Waals surface area contributed by atoms with Crippen LogP contribution >= 0.6 is 0 Å². The average molecular weight is 311 g/mol. The zero-order valence-electron chi connectivity index (χ0n) is 13.1. The van der Waals surface area contributed by atoms with Gasteiger partial charge in [0, 0.05) is 25.2 Å². The Hall–Kier alpha value is -2.35. The predicted octanol–water partition coefficient (Wildman–Crippen LogP) is 1.94. The Morgan fingerprint density at radius 3 is 2.61 bits per heavy atom. The van der Waals surface area contributed by atoms with Crippen molar-refractivity contribution in [2.75, 3.05) is 19.6 Å². The molecule has 0 bridgehead atoms. The van der Waals surface area contributed by atoms with Crippen molar-refractivity contribution in [3.05, 3.63) is 35.4 Å². The number of hydrogen-bond donors (Lipinski definition) is 1. The zero-order valence-corrected chi connectivity index (χ0v) is 13.1. The quantitative estimate of drug-likeness (QED) is 0.923. The van der Waals surface area contributed by atoms with Crippen LogP contribution < -0.4 is 5.32 Å². The minimum Gasteiger partial charge on any atom is -0.356 e. The summed E-state index contributed by atoms with van der Waals surface area (Å²) in [6.45, 7) is 1.94. The van der Waals surface area contributed by atoms with Crippen molar-refractivity contribution in [1.29, 1.82) is 5.26 Å². The van der Waals surface area contributed by atoms with Gasteiger partial charge in [0.05, 0.1) is 17.6 Å². The standard InChI is InChI=1S/C18H21N3O2/c19-10-13-5-7-15(8-6-13)18(23)21-9-1-2-16(12-21)17(22)20-11-14-3-4-14/h5-8,14,16H,1-4,9,11-12H2,(H,20,22). The predicted molar refractivity (Wildman–Crippen MR) is 85.5 cm³/mol. The molecule has 23 heavy (non-hydrogen) atoms. The van der Waals surface area contributed by atoms with Crippen LogP contribution in [0.25, 0.3) is 0 Å². The lowest BCUT2D eigenvalue weighted by atomic mass is 9.96. The summed E-state index contributed by atoms with van der Waals surface area (Å²) in [6.07, 6.45) is 4.12. The second kappa shape index (κ2) is 6.82. The molecule has 1 aromatic rings. The molecule has 1 N–H and O–H groups in total. The molecule has 2 fully saturated rings. The number of carbonyl (C=O) groups is 2. The molecule has 0 spiro atoms. The molecule has 1 heterocycles. The van der Waals surface area contributed by atoms with Crippen molar-refractivity contribution in [2.24, 2.45) is 11.8 Å². The Balaban J connectivity index is 1.59. The normalized spacial score (nSPS) is 20.7. The van der Waals surface area contributed by atoms with E-state index in [1.807, 2.05) is 6.07 Å². The first-order valence-electron chi connectivity index (χ1n) is 8.24. The van der Waals surface area contributed by atoms with Crippen LogP contribution in [0, 0.1) is 23.2 Å². The third-order valence-corrected chi connectivity index (χ3v) is 4.60. The van der Waals surface area contributed by atoms with Crippen LogP contribution in [-0.2, 0) is 4.79 Å². The largest absolute Gasteiger partial charge is 0.356 e. The van der Waals surface area contributed by atoms with Gasteiger partial charge in [0.2, 0.25) is 5.91 Å². The molecule has 1 aliphatic carbocycles. The molecule has 1 saturated heterocycles. The highest BCUT2D eigenvalue weighted by molar-refractivity contribution is 5.94. The van der Waals surface area contributed by atoms with Crippen LogP contribution in [0.15, 0.2) is 24.3 Å². The third kappa shape index (κ3) is 3.89.